The van der Waals surface area contributed by atoms with E-state index in [1.807, 2.05) is 12.1 Å². The van der Waals surface area contributed by atoms with E-state index in [1.165, 1.54) is 6.26 Å². The summed E-state index contributed by atoms with van der Waals surface area (Å²) in [5.41, 5.74) is 6.57. The molecule has 158 valence electrons. The van der Waals surface area contributed by atoms with Gasteiger partial charge in [-0.2, -0.15) is 0 Å². The lowest BCUT2D eigenvalue weighted by Crippen LogP contribution is -2.50. The molecule has 1 fully saturated rings. The highest BCUT2D eigenvalue weighted by molar-refractivity contribution is 7.80. The molecule has 0 saturated carbocycles. The fraction of sp³-hybridized carbons (Fsp3) is 0.333. The first-order valence-electron chi connectivity index (χ1n) is 9.64. The van der Waals surface area contributed by atoms with E-state index in [2.05, 4.69) is 30.0 Å². The molecule has 9 heteroatoms. The number of likely N-dealkylation sites (tertiary alicyclic amines) is 1. The topological polar surface area (TPSA) is 104 Å². The number of benzene rings is 1. The van der Waals surface area contributed by atoms with E-state index in [9.17, 15) is 14.4 Å². The van der Waals surface area contributed by atoms with Crippen molar-refractivity contribution in [1.82, 2.24) is 21.1 Å². The molecule has 1 unspecified atom stereocenters. The van der Waals surface area contributed by atoms with E-state index >= 15 is 0 Å². The maximum atomic E-state index is 12.4. The molecular weight excluding hydrogens is 404 g/mol. The number of furan rings is 1. The SMILES string of the molecule is CC(C)c1ccc(C(=O)NC(=S)NNC(=O)C2CC(=O)N(Cc3ccco3)C2)cc1. The van der Waals surface area contributed by atoms with E-state index in [1.54, 1.807) is 29.2 Å². The zero-order valence-corrected chi connectivity index (χ0v) is 17.6. The molecule has 3 rings (SSSR count). The summed E-state index contributed by atoms with van der Waals surface area (Å²) in [6.45, 7) is 4.76. The number of thiocarbonyl (C=S) groups is 1. The molecule has 3 N–H and O–H groups in total. The number of hydrogen-bond acceptors (Lipinski definition) is 5. The Hall–Kier alpha value is -3.20. The van der Waals surface area contributed by atoms with Gasteiger partial charge >= 0.3 is 0 Å². The average Bonchev–Trinajstić information content (AvgIpc) is 3.36. The number of nitrogens with one attached hydrogen (secondary N) is 3. The molecule has 30 heavy (non-hydrogen) atoms. The van der Waals surface area contributed by atoms with Crippen LogP contribution in [0.5, 0.6) is 0 Å². The lowest BCUT2D eigenvalue weighted by molar-refractivity contribution is -0.129. The number of hydrazine groups is 1. The molecule has 2 heterocycles. The minimum atomic E-state index is -0.512. The van der Waals surface area contributed by atoms with Crippen LogP contribution in [0.1, 0.15) is 47.9 Å². The van der Waals surface area contributed by atoms with Crippen LogP contribution >= 0.6 is 12.2 Å². The Morgan fingerprint density at radius 3 is 2.57 bits per heavy atom. The third-order valence-electron chi connectivity index (χ3n) is 4.88. The third kappa shape index (κ3) is 5.44. The van der Waals surface area contributed by atoms with Crippen LogP contribution in [0.3, 0.4) is 0 Å². The van der Waals surface area contributed by atoms with Gasteiger partial charge < -0.3 is 9.32 Å². The molecule has 1 atom stereocenters. The molecule has 0 aliphatic carbocycles. The largest absolute Gasteiger partial charge is 0.467 e. The molecule has 1 aliphatic rings. The quantitative estimate of drug-likeness (QED) is 0.498. The van der Waals surface area contributed by atoms with Gasteiger partial charge in [-0.05, 0) is 48.0 Å². The molecule has 0 radical (unpaired) electrons. The van der Waals surface area contributed by atoms with Crippen LogP contribution in [-0.4, -0.2) is 34.3 Å². The van der Waals surface area contributed by atoms with Crippen molar-refractivity contribution in [1.29, 1.82) is 0 Å². The van der Waals surface area contributed by atoms with Gasteiger partial charge in [-0.25, -0.2) is 0 Å². The van der Waals surface area contributed by atoms with Gasteiger partial charge in [-0.15, -0.1) is 0 Å². The summed E-state index contributed by atoms with van der Waals surface area (Å²) in [5.74, 6) is -0.347. The lowest BCUT2D eigenvalue weighted by Gasteiger charge is -2.16. The molecule has 1 aliphatic heterocycles. The summed E-state index contributed by atoms with van der Waals surface area (Å²) in [6, 6.07) is 10.8. The maximum absolute atomic E-state index is 12.4. The Morgan fingerprint density at radius 1 is 1.20 bits per heavy atom. The van der Waals surface area contributed by atoms with Gasteiger partial charge in [0.1, 0.15) is 5.76 Å². The lowest BCUT2D eigenvalue weighted by atomic mass is 10.0. The predicted octanol–water partition coefficient (Wildman–Crippen LogP) is 2.09. The molecule has 3 amide bonds. The first-order chi connectivity index (χ1) is 14.3. The van der Waals surface area contributed by atoms with E-state index in [0.717, 1.165) is 5.56 Å². The van der Waals surface area contributed by atoms with Crippen LogP contribution in [0.2, 0.25) is 0 Å². The predicted molar refractivity (Wildman–Crippen MR) is 114 cm³/mol. The van der Waals surface area contributed by atoms with Crippen LogP contribution in [0.4, 0.5) is 0 Å². The summed E-state index contributed by atoms with van der Waals surface area (Å²) in [7, 11) is 0. The van der Waals surface area contributed by atoms with Crippen LogP contribution in [0.15, 0.2) is 47.1 Å². The summed E-state index contributed by atoms with van der Waals surface area (Å²) in [5, 5.41) is 2.49. The fourth-order valence-electron chi connectivity index (χ4n) is 3.14. The molecule has 8 nitrogen and oxygen atoms in total. The Kier molecular flexibility index (Phi) is 6.83. The number of carbonyl (C=O) groups excluding carboxylic acids is 3. The molecule has 1 aromatic heterocycles. The van der Waals surface area contributed by atoms with Gasteiger partial charge in [-0.1, -0.05) is 26.0 Å². The number of rotatable bonds is 5. The van der Waals surface area contributed by atoms with Crippen LogP contribution < -0.4 is 16.2 Å². The highest BCUT2D eigenvalue weighted by atomic mass is 32.1. The van der Waals surface area contributed by atoms with E-state index in [-0.39, 0.29) is 35.8 Å². The van der Waals surface area contributed by atoms with Crippen LogP contribution in [0, 0.1) is 5.92 Å². The number of carbonyl (C=O) groups is 3. The molecular formula is C21H24N4O4S. The third-order valence-corrected chi connectivity index (χ3v) is 5.08. The second kappa shape index (κ2) is 9.53. The summed E-state index contributed by atoms with van der Waals surface area (Å²) < 4.78 is 5.25. The Bertz CT molecular complexity index is 925. The van der Waals surface area contributed by atoms with Crippen molar-refractivity contribution >= 4 is 35.1 Å². The fourth-order valence-corrected chi connectivity index (χ4v) is 3.28. The highest BCUT2D eigenvalue weighted by Gasteiger charge is 2.34. The number of amides is 3. The van der Waals surface area contributed by atoms with E-state index < -0.39 is 5.92 Å². The van der Waals surface area contributed by atoms with Crippen molar-refractivity contribution in [3.63, 3.8) is 0 Å². The van der Waals surface area contributed by atoms with Gasteiger partial charge in [0, 0.05) is 18.5 Å². The standard InChI is InChI=1S/C21H24N4O4S/c1-13(2)14-5-7-15(8-6-14)19(27)22-21(30)24-23-20(28)16-10-18(26)25(11-16)12-17-4-3-9-29-17/h3-9,13,16H,10-12H2,1-2H3,(H,23,28)(H2,22,24,27,30). The van der Waals surface area contributed by atoms with Crippen molar-refractivity contribution < 1.29 is 18.8 Å². The average molecular weight is 429 g/mol. The Labute approximate surface area is 180 Å². The highest BCUT2D eigenvalue weighted by Crippen LogP contribution is 2.20. The smallest absolute Gasteiger partial charge is 0.257 e. The van der Waals surface area contributed by atoms with Crippen molar-refractivity contribution in [2.45, 2.75) is 32.7 Å². The molecule has 0 spiro atoms. The molecule has 2 aromatic rings. The Morgan fingerprint density at radius 2 is 1.93 bits per heavy atom. The maximum Gasteiger partial charge on any atom is 0.257 e. The number of hydrogen-bond donors (Lipinski definition) is 3. The van der Waals surface area contributed by atoms with Gasteiger partial charge in [-0.3, -0.25) is 30.6 Å². The van der Waals surface area contributed by atoms with E-state index in [0.29, 0.717) is 23.8 Å². The Balaban J connectivity index is 1.44. The second-order valence-electron chi connectivity index (χ2n) is 7.43. The van der Waals surface area contributed by atoms with Gasteiger partial charge in [0.2, 0.25) is 11.8 Å². The normalized spacial score (nSPS) is 15.9. The monoisotopic (exact) mass is 428 g/mol. The summed E-state index contributed by atoms with van der Waals surface area (Å²) >= 11 is 5.07. The minimum Gasteiger partial charge on any atom is -0.467 e. The van der Waals surface area contributed by atoms with Gasteiger partial charge in [0.15, 0.2) is 5.11 Å². The zero-order valence-electron chi connectivity index (χ0n) is 16.8. The van der Waals surface area contributed by atoms with Crippen LogP contribution in [0.25, 0.3) is 0 Å². The first kappa shape index (κ1) is 21.5. The molecule has 0 bridgehead atoms. The number of nitrogens with zero attached hydrogens (tertiary/aromatic N) is 1. The molecule has 1 aromatic carbocycles. The van der Waals surface area contributed by atoms with Crippen molar-refractivity contribution in [3.05, 3.63) is 59.5 Å². The summed E-state index contributed by atoms with van der Waals surface area (Å²) in [4.78, 5) is 38.3. The minimum absolute atomic E-state index is 0.0296. The van der Waals surface area contributed by atoms with Gasteiger partial charge in [0.25, 0.3) is 5.91 Å². The van der Waals surface area contributed by atoms with Crippen molar-refractivity contribution in [2.75, 3.05) is 6.54 Å². The van der Waals surface area contributed by atoms with Crippen LogP contribution in [-0.2, 0) is 16.1 Å². The van der Waals surface area contributed by atoms with Crippen molar-refractivity contribution in [2.24, 2.45) is 5.92 Å². The molecule has 1 saturated heterocycles. The second-order valence-corrected chi connectivity index (χ2v) is 7.84. The first-order valence-corrected chi connectivity index (χ1v) is 10.1. The van der Waals surface area contributed by atoms with Gasteiger partial charge in [0.05, 0.1) is 18.7 Å². The zero-order chi connectivity index (χ0) is 21.7. The van der Waals surface area contributed by atoms with E-state index in [4.69, 9.17) is 16.6 Å². The summed E-state index contributed by atoms with van der Waals surface area (Å²) in [6.07, 6.45) is 1.65. The van der Waals surface area contributed by atoms with Crippen molar-refractivity contribution in [3.8, 4) is 0 Å².